The van der Waals surface area contributed by atoms with E-state index in [2.05, 4.69) is 9.97 Å². The molecule has 0 aliphatic carbocycles. The number of sulfonamides is 1. The highest BCUT2D eigenvalue weighted by molar-refractivity contribution is 7.89. The van der Waals surface area contributed by atoms with Crippen LogP contribution in [-0.2, 0) is 10.0 Å². The molecule has 122 valence electrons. The van der Waals surface area contributed by atoms with Crippen molar-refractivity contribution in [2.75, 3.05) is 5.73 Å². The van der Waals surface area contributed by atoms with Crippen molar-refractivity contribution in [3.05, 3.63) is 60.7 Å². The number of primary sulfonamides is 1. The van der Waals surface area contributed by atoms with E-state index in [0.717, 1.165) is 0 Å². The van der Waals surface area contributed by atoms with Crippen molar-refractivity contribution < 1.29 is 12.8 Å². The molecule has 0 saturated carbocycles. The van der Waals surface area contributed by atoms with E-state index in [9.17, 15) is 12.8 Å². The van der Waals surface area contributed by atoms with Crippen LogP contribution in [-0.4, -0.2) is 18.4 Å². The molecular weight excluding hydrogens is 331 g/mol. The van der Waals surface area contributed by atoms with Crippen molar-refractivity contribution in [3.8, 4) is 22.4 Å². The Labute approximate surface area is 138 Å². The van der Waals surface area contributed by atoms with Crippen molar-refractivity contribution in [2.24, 2.45) is 5.14 Å². The van der Waals surface area contributed by atoms with Gasteiger partial charge in [-0.05, 0) is 23.8 Å². The quantitative estimate of drug-likeness (QED) is 0.756. The average Bonchev–Trinajstić information content (AvgIpc) is 2.55. The fourth-order valence-corrected chi connectivity index (χ4v) is 3.08. The lowest BCUT2D eigenvalue weighted by Gasteiger charge is -2.09. The highest BCUT2D eigenvalue weighted by Gasteiger charge is 2.16. The van der Waals surface area contributed by atoms with Crippen LogP contribution in [0.25, 0.3) is 22.4 Å². The third kappa shape index (κ3) is 3.10. The molecule has 8 heteroatoms. The maximum absolute atomic E-state index is 14.5. The number of aromatic nitrogens is 2. The Balaban J connectivity index is 2.10. The molecule has 0 spiro atoms. The fraction of sp³-hybridized carbons (Fsp3) is 0. The molecule has 2 aromatic carbocycles. The number of rotatable bonds is 3. The van der Waals surface area contributed by atoms with Gasteiger partial charge in [-0.15, -0.1) is 0 Å². The molecule has 0 aliphatic heterocycles. The zero-order chi connectivity index (χ0) is 17.3. The molecule has 0 fully saturated rings. The Kier molecular flexibility index (Phi) is 4.00. The zero-order valence-electron chi connectivity index (χ0n) is 12.3. The molecule has 6 nitrogen and oxygen atoms in total. The van der Waals surface area contributed by atoms with E-state index in [-0.39, 0.29) is 16.3 Å². The Morgan fingerprint density at radius 3 is 2.33 bits per heavy atom. The monoisotopic (exact) mass is 344 g/mol. The standard InChI is InChI=1S/C16H13FN4O2S/c17-13-7-10(11-3-1-2-4-15(11)24(19,22)23)5-6-12(13)14-8-21-16(18)9-20-14/h1-9H,(H2,18,21)(H2,19,22,23). The molecule has 3 rings (SSSR count). The van der Waals surface area contributed by atoms with E-state index in [4.69, 9.17) is 10.9 Å². The second-order valence-electron chi connectivity index (χ2n) is 5.06. The largest absolute Gasteiger partial charge is 0.382 e. The summed E-state index contributed by atoms with van der Waals surface area (Å²) in [6.45, 7) is 0. The van der Waals surface area contributed by atoms with Crippen LogP contribution in [0.15, 0.2) is 59.8 Å². The SMILES string of the molecule is Nc1cnc(-c2ccc(-c3ccccc3S(N)(=O)=O)cc2F)cn1. The summed E-state index contributed by atoms with van der Waals surface area (Å²) in [5.74, 6) is -0.325. The molecule has 1 aromatic heterocycles. The van der Waals surface area contributed by atoms with E-state index in [1.54, 1.807) is 24.3 Å². The fourth-order valence-electron chi connectivity index (χ4n) is 2.32. The number of nitrogens with zero attached hydrogens (tertiary/aromatic N) is 2. The highest BCUT2D eigenvalue weighted by Crippen LogP contribution is 2.30. The molecule has 0 aliphatic rings. The summed E-state index contributed by atoms with van der Waals surface area (Å²) in [5.41, 5.74) is 6.75. The van der Waals surface area contributed by atoms with Gasteiger partial charge < -0.3 is 5.73 Å². The lowest BCUT2D eigenvalue weighted by Crippen LogP contribution is -2.13. The number of halogens is 1. The minimum Gasteiger partial charge on any atom is -0.382 e. The van der Waals surface area contributed by atoms with Crippen molar-refractivity contribution in [3.63, 3.8) is 0 Å². The van der Waals surface area contributed by atoms with Crippen molar-refractivity contribution in [1.82, 2.24) is 9.97 Å². The molecule has 0 atom stereocenters. The normalized spacial score (nSPS) is 11.4. The Hall–Kier alpha value is -2.84. The maximum atomic E-state index is 14.5. The van der Waals surface area contributed by atoms with E-state index < -0.39 is 15.8 Å². The Bertz CT molecular complexity index is 1000. The second kappa shape index (κ2) is 5.99. The summed E-state index contributed by atoms with van der Waals surface area (Å²) in [6, 6.07) is 10.5. The molecule has 4 N–H and O–H groups in total. The first-order valence-corrected chi connectivity index (χ1v) is 8.40. The Morgan fingerprint density at radius 2 is 1.71 bits per heavy atom. The van der Waals surface area contributed by atoms with E-state index >= 15 is 0 Å². The summed E-state index contributed by atoms with van der Waals surface area (Å²) in [6.07, 6.45) is 2.70. The van der Waals surface area contributed by atoms with Crippen LogP contribution in [0.1, 0.15) is 0 Å². The van der Waals surface area contributed by atoms with E-state index in [0.29, 0.717) is 16.8 Å². The third-order valence-electron chi connectivity index (χ3n) is 3.42. The van der Waals surface area contributed by atoms with Crippen LogP contribution in [0.3, 0.4) is 0 Å². The predicted molar refractivity (Wildman–Crippen MR) is 88.6 cm³/mol. The smallest absolute Gasteiger partial charge is 0.238 e. The molecule has 0 saturated heterocycles. The van der Waals surface area contributed by atoms with Gasteiger partial charge in [0.05, 0.1) is 23.0 Å². The molecular formula is C16H13FN4O2S. The van der Waals surface area contributed by atoms with Gasteiger partial charge in [-0.2, -0.15) is 0 Å². The minimum absolute atomic E-state index is 0.0653. The van der Waals surface area contributed by atoms with Gasteiger partial charge in [0.15, 0.2) is 0 Å². The lowest BCUT2D eigenvalue weighted by atomic mass is 10.0. The van der Waals surface area contributed by atoms with Crippen LogP contribution in [0.2, 0.25) is 0 Å². The van der Waals surface area contributed by atoms with Gasteiger partial charge in [-0.3, -0.25) is 4.98 Å². The average molecular weight is 344 g/mol. The first kappa shape index (κ1) is 16.0. The van der Waals surface area contributed by atoms with Gasteiger partial charge in [0.25, 0.3) is 0 Å². The summed E-state index contributed by atoms with van der Waals surface area (Å²) < 4.78 is 37.8. The molecule has 0 unspecified atom stereocenters. The maximum Gasteiger partial charge on any atom is 0.238 e. The number of benzene rings is 2. The number of hydrogen-bond donors (Lipinski definition) is 2. The van der Waals surface area contributed by atoms with Crippen molar-refractivity contribution in [2.45, 2.75) is 4.90 Å². The molecule has 0 amide bonds. The molecule has 3 aromatic rings. The summed E-state index contributed by atoms with van der Waals surface area (Å²) >= 11 is 0. The molecule has 0 radical (unpaired) electrons. The zero-order valence-corrected chi connectivity index (χ0v) is 13.2. The van der Waals surface area contributed by atoms with Crippen LogP contribution >= 0.6 is 0 Å². The number of hydrogen-bond acceptors (Lipinski definition) is 5. The van der Waals surface area contributed by atoms with Crippen LogP contribution in [0.4, 0.5) is 10.2 Å². The lowest BCUT2D eigenvalue weighted by molar-refractivity contribution is 0.598. The van der Waals surface area contributed by atoms with E-state index in [1.165, 1.54) is 30.6 Å². The van der Waals surface area contributed by atoms with E-state index in [1.807, 2.05) is 0 Å². The van der Waals surface area contributed by atoms with Gasteiger partial charge in [0.2, 0.25) is 10.0 Å². The van der Waals surface area contributed by atoms with Crippen LogP contribution in [0.5, 0.6) is 0 Å². The topological polar surface area (TPSA) is 112 Å². The second-order valence-corrected chi connectivity index (χ2v) is 6.59. The molecule has 1 heterocycles. The molecule has 24 heavy (non-hydrogen) atoms. The minimum atomic E-state index is -3.92. The van der Waals surface area contributed by atoms with Gasteiger partial charge >= 0.3 is 0 Å². The molecule has 0 bridgehead atoms. The number of nitrogens with two attached hydrogens (primary N) is 2. The number of anilines is 1. The Morgan fingerprint density at radius 1 is 0.958 bits per heavy atom. The number of nitrogen functional groups attached to an aromatic ring is 1. The first-order chi connectivity index (χ1) is 11.4. The van der Waals surface area contributed by atoms with Crippen molar-refractivity contribution in [1.29, 1.82) is 0 Å². The van der Waals surface area contributed by atoms with Crippen LogP contribution in [0, 0.1) is 5.82 Å². The summed E-state index contributed by atoms with van der Waals surface area (Å²) in [5, 5.41) is 5.22. The summed E-state index contributed by atoms with van der Waals surface area (Å²) in [4.78, 5) is 7.84. The van der Waals surface area contributed by atoms with Crippen LogP contribution < -0.4 is 10.9 Å². The summed E-state index contributed by atoms with van der Waals surface area (Å²) in [7, 11) is -3.92. The first-order valence-electron chi connectivity index (χ1n) is 6.86. The van der Waals surface area contributed by atoms with Gasteiger partial charge in [0.1, 0.15) is 11.6 Å². The van der Waals surface area contributed by atoms with Gasteiger partial charge in [-0.1, -0.05) is 24.3 Å². The van der Waals surface area contributed by atoms with Gasteiger partial charge in [0, 0.05) is 11.1 Å². The highest BCUT2D eigenvalue weighted by atomic mass is 32.2. The predicted octanol–water partition coefficient (Wildman–Crippen LogP) is 2.18. The third-order valence-corrected chi connectivity index (χ3v) is 4.39. The van der Waals surface area contributed by atoms with Gasteiger partial charge in [-0.25, -0.2) is 22.9 Å². The van der Waals surface area contributed by atoms with Crippen molar-refractivity contribution >= 4 is 15.8 Å².